The number of nitrogens with zero attached hydrogens (tertiary/aromatic N) is 5. The Morgan fingerprint density at radius 1 is 1.17 bits per heavy atom. The summed E-state index contributed by atoms with van der Waals surface area (Å²) in [6, 6.07) is 7.22. The van der Waals surface area contributed by atoms with E-state index in [1.807, 2.05) is 24.1 Å². The van der Waals surface area contributed by atoms with Crippen molar-refractivity contribution in [2.45, 2.75) is 12.6 Å². The molecule has 0 saturated carbocycles. The molecule has 0 radical (unpaired) electrons. The minimum Gasteiger partial charge on any atom is -0.338 e. The molecule has 8 heteroatoms. The summed E-state index contributed by atoms with van der Waals surface area (Å²) in [4.78, 5) is 16.9. The van der Waals surface area contributed by atoms with Crippen molar-refractivity contribution >= 4 is 17.2 Å². The number of benzene rings is 1. The van der Waals surface area contributed by atoms with Crippen molar-refractivity contribution in [3.63, 3.8) is 0 Å². The lowest BCUT2D eigenvalue weighted by Gasteiger charge is -2.37. The van der Waals surface area contributed by atoms with Crippen LogP contribution in [-0.2, 0) is 6.18 Å². The first-order valence-electron chi connectivity index (χ1n) is 9.44. The number of halogens is 3. The summed E-state index contributed by atoms with van der Waals surface area (Å²) >= 11 is 0. The van der Waals surface area contributed by atoms with E-state index < -0.39 is 11.7 Å². The zero-order chi connectivity index (χ0) is 21.3. The molecule has 2 aromatic rings. The van der Waals surface area contributed by atoms with E-state index in [1.54, 1.807) is 18.3 Å². The molecule has 0 N–H and O–H groups in total. The number of rotatable bonds is 2. The maximum Gasteiger partial charge on any atom is 0.416 e. The molecule has 0 saturated heterocycles. The molecule has 2 aliphatic rings. The van der Waals surface area contributed by atoms with Gasteiger partial charge in [-0.15, -0.1) is 0 Å². The molecular weight excluding hydrogens is 391 g/mol. The van der Waals surface area contributed by atoms with Gasteiger partial charge in [0.1, 0.15) is 6.33 Å². The lowest BCUT2D eigenvalue weighted by atomic mass is 9.99. The number of allylic oxidation sites excluding steroid dienone is 1. The van der Waals surface area contributed by atoms with Gasteiger partial charge in [-0.3, -0.25) is 0 Å². The third-order valence-corrected chi connectivity index (χ3v) is 5.09. The molecule has 0 bridgehead atoms. The molecule has 0 fully saturated rings. The number of alkyl halides is 3. The van der Waals surface area contributed by atoms with E-state index in [0.717, 1.165) is 17.3 Å². The van der Waals surface area contributed by atoms with E-state index in [1.165, 1.54) is 18.5 Å². The highest BCUT2D eigenvalue weighted by atomic mass is 19.4. The number of hydrogen-bond acceptors (Lipinski definition) is 5. The summed E-state index contributed by atoms with van der Waals surface area (Å²) in [7, 11) is 1.87. The molecule has 0 amide bonds. The molecule has 1 aromatic heterocycles. The zero-order valence-corrected chi connectivity index (χ0v) is 16.4. The predicted molar refractivity (Wildman–Crippen MR) is 110 cm³/mol. The van der Waals surface area contributed by atoms with Crippen molar-refractivity contribution in [1.82, 2.24) is 19.8 Å². The van der Waals surface area contributed by atoms with E-state index in [2.05, 4.69) is 21.4 Å². The molecule has 0 atom stereocenters. The monoisotopic (exact) mass is 411 g/mol. The van der Waals surface area contributed by atoms with Crippen molar-refractivity contribution in [3.05, 3.63) is 84.1 Å². The molecule has 0 unspecified atom stereocenters. The van der Waals surface area contributed by atoms with Gasteiger partial charge in [-0.05, 0) is 41.8 Å². The van der Waals surface area contributed by atoms with Gasteiger partial charge in [0.2, 0.25) is 5.96 Å². The fourth-order valence-electron chi connectivity index (χ4n) is 3.47. The summed E-state index contributed by atoms with van der Waals surface area (Å²) in [5, 5.41) is 0. The van der Waals surface area contributed by atoms with Gasteiger partial charge in [0.25, 0.3) is 0 Å². The fourth-order valence-corrected chi connectivity index (χ4v) is 3.47. The molecular formula is C22H20F3N5. The van der Waals surface area contributed by atoms with Crippen molar-refractivity contribution in [1.29, 1.82) is 0 Å². The van der Waals surface area contributed by atoms with Crippen LogP contribution in [0.1, 0.15) is 23.2 Å². The van der Waals surface area contributed by atoms with Crippen molar-refractivity contribution in [2.24, 2.45) is 4.99 Å². The number of guanidine groups is 1. The van der Waals surface area contributed by atoms with E-state index in [-0.39, 0.29) is 0 Å². The van der Waals surface area contributed by atoms with Crippen LogP contribution in [0, 0.1) is 0 Å². The van der Waals surface area contributed by atoms with Crippen molar-refractivity contribution in [3.8, 4) is 0 Å². The summed E-state index contributed by atoms with van der Waals surface area (Å²) < 4.78 is 39.4. The Kier molecular flexibility index (Phi) is 5.15. The number of likely N-dealkylation sites (N-methyl/N-ethyl adjacent to an activating group) is 1. The van der Waals surface area contributed by atoms with Gasteiger partial charge in [0.15, 0.2) is 0 Å². The first-order valence-corrected chi connectivity index (χ1v) is 9.44. The quantitative estimate of drug-likeness (QED) is 0.733. The maximum absolute atomic E-state index is 13.1. The van der Waals surface area contributed by atoms with E-state index >= 15 is 0 Å². The summed E-state index contributed by atoms with van der Waals surface area (Å²) in [5.41, 5.74) is 2.87. The van der Waals surface area contributed by atoms with Crippen LogP contribution < -0.4 is 0 Å². The lowest BCUT2D eigenvalue weighted by Crippen LogP contribution is -2.45. The molecule has 154 valence electrons. The normalized spacial score (nSPS) is 17.5. The van der Waals surface area contributed by atoms with E-state index in [0.29, 0.717) is 42.4 Å². The maximum atomic E-state index is 13.1. The Labute approximate surface area is 172 Å². The molecule has 4 rings (SSSR count). The second-order valence-corrected chi connectivity index (χ2v) is 7.10. The molecule has 5 nitrogen and oxygen atoms in total. The number of aromatic nitrogens is 2. The van der Waals surface area contributed by atoms with Gasteiger partial charge in [-0.2, -0.15) is 13.2 Å². The summed E-state index contributed by atoms with van der Waals surface area (Å²) in [6.07, 6.45) is 3.28. The van der Waals surface area contributed by atoms with Gasteiger partial charge >= 0.3 is 6.18 Å². The Bertz CT molecular complexity index is 1050. The SMILES string of the molecule is C=C1C=C(c2ccncn2)N=C(N2CCC=C(c3cccc(C(F)(F)F)c3)C2)N1C. The van der Waals surface area contributed by atoms with Crippen LogP contribution in [0.25, 0.3) is 11.3 Å². The molecule has 1 aromatic carbocycles. The smallest absolute Gasteiger partial charge is 0.338 e. The highest BCUT2D eigenvalue weighted by molar-refractivity contribution is 5.92. The zero-order valence-electron chi connectivity index (χ0n) is 16.4. The Morgan fingerprint density at radius 2 is 2.00 bits per heavy atom. The average molecular weight is 411 g/mol. The van der Waals surface area contributed by atoms with Crippen LogP contribution in [0.3, 0.4) is 0 Å². The second-order valence-electron chi connectivity index (χ2n) is 7.10. The molecule has 0 aliphatic carbocycles. The van der Waals surface area contributed by atoms with Crippen LogP contribution in [0.15, 0.2) is 72.3 Å². The Balaban J connectivity index is 1.62. The van der Waals surface area contributed by atoms with Crippen molar-refractivity contribution < 1.29 is 13.2 Å². The summed E-state index contributed by atoms with van der Waals surface area (Å²) in [6.45, 7) is 5.25. The van der Waals surface area contributed by atoms with Crippen LogP contribution >= 0.6 is 0 Å². The van der Waals surface area contributed by atoms with Gasteiger partial charge in [0, 0.05) is 32.0 Å². The van der Waals surface area contributed by atoms with Gasteiger partial charge in [0.05, 0.1) is 17.0 Å². The first-order chi connectivity index (χ1) is 14.3. The van der Waals surface area contributed by atoms with Crippen LogP contribution in [0.4, 0.5) is 13.2 Å². The third-order valence-electron chi connectivity index (χ3n) is 5.09. The third kappa shape index (κ3) is 3.98. The van der Waals surface area contributed by atoms with Gasteiger partial charge in [-0.1, -0.05) is 24.8 Å². The minimum absolute atomic E-state index is 0.453. The molecule has 30 heavy (non-hydrogen) atoms. The predicted octanol–water partition coefficient (Wildman–Crippen LogP) is 4.44. The van der Waals surface area contributed by atoms with Crippen LogP contribution in [0.5, 0.6) is 0 Å². The molecule has 0 spiro atoms. The molecule has 2 aliphatic heterocycles. The van der Waals surface area contributed by atoms with E-state index in [9.17, 15) is 13.2 Å². The van der Waals surface area contributed by atoms with Crippen LogP contribution in [-0.4, -0.2) is 45.9 Å². The molecule has 3 heterocycles. The van der Waals surface area contributed by atoms with Gasteiger partial charge in [-0.25, -0.2) is 15.0 Å². The lowest BCUT2D eigenvalue weighted by molar-refractivity contribution is -0.137. The Morgan fingerprint density at radius 3 is 2.73 bits per heavy atom. The Hall–Kier alpha value is -3.42. The van der Waals surface area contributed by atoms with Crippen molar-refractivity contribution in [2.75, 3.05) is 20.1 Å². The fraction of sp³-hybridized carbons (Fsp3) is 0.227. The first kappa shape index (κ1) is 19.9. The topological polar surface area (TPSA) is 44.6 Å². The van der Waals surface area contributed by atoms with Gasteiger partial charge < -0.3 is 9.80 Å². The second kappa shape index (κ2) is 7.78. The largest absolute Gasteiger partial charge is 0.416 e. The van der Waals surface area contributed by atoms with E-state index in [4.69, 9.17) is 4.99 Å². The number of hydrogen-bond donors (Lipinski definition) is 0. The highest BCUT2D eigenvalue weighted by Gasteiger charge is 2.31. The van der Waals surface area contributed by atoms with Crippen LogP contribution in [0.2, 0.25) is 0 Å². The average Bonchev–Trinajstić information content (AvgIpc) is 2.76. The number of aliphatic imine (C=N–C) groups is 1. The minimum atomic E-state index is -4.37. The summed E-state index contributed by atoms with van der Waals surface area (Å²) in [5.74, 6) is 0.689. The standard InChI is InChI=1S/C22H20F3N5/c1-15-11-20(19-8-9-26-14-27-19)28-21(29(15)2)30-10-4-6-17(13-30)16-5-3-7-18(12-16)22(23,24)25/h3,5-9,11-12,14H,1,4,10,13H2,2H3. The highest BCUT2D eigenvalue weighted by Crippen LogP contribution is 2.32.